The minimum absolute atomic E-state index is 0.0392. The topological polar surface area (TPSA) is 26.0 Å². The lowest BCUT2D eigenvalue weighted by Crippen LogP contribution is -2.40. The average molecular weight is 209 g/mol. The lowest BCUT2D eigenvalue weighted by molar-refractivity contribution is -0.222. The van der Waals surface area contributed by atoms with Gasteiger partial charge in [-0.05, 0) is 19.8 Å². The molecule has 0 amide bonds. The van der Waals surface area contributed by atoms with E-state index in [-0.39, 0.29) is 12.8 Å². The molecule has 4 heteroatoms. The molecule has 0 aromatic heterocycles. The van der Waals surface area contributed by atoms with Crippen molar-refractivity contribution in [3.05, 3.63) is 12.2 Å². The van der Waals surface area contributed by atoms with Crippen molar-refractivity contribution >= 4 is 0 Å². The highest BCUT2D eigenvalue weighted by molar-refractivity contribution is 5.02. The van der Waals surface area contributed by atoms with Crippen molar-refractivity contribution in [1.82, 2.24) is 0 Å². The van der Waals surface area contributed by atoms with Crippen LogP contribution < -0.4 is 5.73 Å². The molecule has 84 valence electrons. The quantitative estimate of drug-likeness (QED) is 0.706. The minimum atomic E-state index is -4.20. The Hall–Kier alpha value is -0.510. The zero-order valence-electron chi connectivity index (χ0n) is 8.91. The predicted octanol–water partition coefficient (Wildman–Crippen LogP) is 3.26. The van der Waals surface area contributed by atoms with E-state index in [0.717, 1.165) is 0 Å². The molecule has 14 heavy (non-hydrogen) atoms. The van der Waals surface area contributed by atoms with Gasteiger partial charge in [0, 0.05) is 6.04 Å². The van der Waals surface area contributed by atoms with Crippen LogP contribution in [0.15, 0.2) is 12.2 Å². The standard InChI is InChI=1S/C10H18F3N/c1-5-9(4,10(11,12)13)6-8(14)7(2)3/h8H,2,5-6,14H2,1,3-4H3. The van der Waals surface area contributed by atoms with Crippen molar-refractivity contribution in [2.75, 3.05) is 0 Å². The Morgan fingerprint density at radius 1 is 1.43 bits per heavy atom. The molecule has 0 spiro atoms. The summed E-state index contributed by atoms with van der Waals surface area (Å²) in [5, 5.41) is 0. The molecule has 2 N–H and O–H groups in total. The Morgan fingerprint density at radius 3 is 2.07 bits per heavy atom. The van der Waals surface area contributed by atoms with Crippen molar-refractivity contribution in [2.45, 2.75) is 45.8 Å². The molecule has 0 bridgehead atoms. The van der Waals surface area contributed by atoms with Crippen LogP contribution >= 0.6 is 0 Å². The highest BCUT2D eigenvalue weighted by atomic mass is 19.4. The number of rotatable bonds is 4. The third-order valence-corrected chi connectivity index (χ3v) is 2.77. The van der Waals surface area contributed by atoms with Gasteiger partial charge in [0.25, 0.3) is 0 Å². The smallest absolute Gasteiger partial charge is 0.324 e. The SMILES string of the molecule is C=C(C)C(N)CC(C)(CC)C(F)(F)F. The van der Waals surface area contributed by atoms with Crippen molar-refractivity contribution in [1.29, 1.82) is 0 Å². The van der Waals surface area contributed by atoms with Gasteiger partial charge in [0.2, 0.25) is 0 Å². The fourth-order valence-electron chi connectivity index (χ4n) is 1.12. The molecule has 0 radical (unpaired) electrons. The molecule has 1 nitrogen and oxygen atoms in total. The Balaban J connectivity index is 4.65. The van der Waals surface area contributed by atoms with E-state index in [1.165, 1.54) is 13.8 Å². The lowest BCUT2D eigenvalue weighted by atomic mass is 9.79. The zero-order valence-corrected chi connectivity index (χ0v) is 8.91. The third kappa shape index (κ3) is 3.01. The van der Waals surface area contributed by atoms with Gasteiger partial charge in [0.15, 0.2) is 0 Å². The minimum Gasteiger partial charge on any atom is -0.324 e. The molecular formula is C10H18F3N. The summed E-state index contributed by atoms with van der Waals surface area (Å²) in [7, 11) is 0. The Morgan fingerprint density at radius 2 is 1.86 bits per heavy atom. The van der Waals surface area contributed by atoms with Gasteiger partial charge in [-0.1, -0.05) is 26.0 Å². The highest BCUT2D eigenvalue weighted by Gasteiger charge is 2.50. The van der Waals surface area contributed by atoms with Crippen LogP contribution in [0.1, 0.15) is 33.6 Å². The second-order valence-electron chi connectivity index (χ2n) is 4.07. The van der Waals surface area contributed by atoms with E-state index in [1.54, 1.807) is 6.92 Å². The molecule has 0 aliphatic heterocycles. The molecule has 0 fully saturated rings. The maximum absolute atomic E-state index is 12.6. The first kappa shape index (κ1) is 13.5. The summed E-state index contributed by atoms with van der Waals surface area (Å²) in [5.41, 5.74) is 4.46. The van der Waals surface area contributed by atoms with Gasteiger partial charge in [-0.15, -0.1) is 0 Å². The largest absolute Gasteiger partial charge is 0.394 e. The monoisotopic (exact) mass is 209 g/mol. The predicted molar refractivity (Wildman–Crippen MR) is 51.9 cm³/mol. The summed E-state index contributed by atoms with van der Waals surface area (Å²) in [4.78, 5) is 0. The normalized spacial score (nSPS) is 18.8. The molecule has 0 aliphatic carbocycles. The summed E-state index contributed by atoms with van der Waals surface area (Å²) >= 11 is 0. The van der Waals surface area contributed by atoms with E-state index >= 15 is 0 Å². The molecule has 0 saturated heterocycles. The lowest BCUT2D eigenvalue weighted by Gasteiger charge is -2.33. The van der Waals surface area contributed by atoms with Crippen LogP contribution in [-0.2, 0) is 0 Å². The van der Waals surface area contributed by atoms with E-state index < -0.39 is 17.6 Å². The summed E-state index contributed by atoms with van der Waals surface area (Å²) in [6.07, 6.45) is -4.26. The molecule has 0 aromatic carbocycles. The van der Waals surface area contributed by atoms with Crippen LogP contribution in [0.3, 0.4) is 0 Å². The van der Waals surface area contributed by atoms with Gasteiger partial charge in [-0.2, -0.15) is 13.2 Å². The second kappa shape index (κ2) is 4.34. The molecule has 0 aliphatic rings. The van der Waals surface area contributed by atoms with Crippen LogP contribution in [-0.4, -0.2) is 12.2 Å². The van der Waals surface area contributed by atoms with Gasteiger partial charge in [-0.25, -0.2) is 0 Å². The third-order valence-electron chi connectivity index (χ3n) is 2.77. The number of hydrogen-bond donors (Lipinski definition) is 1. The Kier molecular flexibility index (Phi) is 4.18. The van der Waals surface area contributed by atoms with Crippen LogP contribution in [0.4, 0.5) is 13.2 Å². The maximum atomic E-state index is 12.6. The van der Waals surface area contributed by atoms with Crippen LogP contribution in [0.5, 0.6) is 0 Å². The summed E-state index contributed by atoms with van der Waals surface area (Å²) in [6.45, 7) is 7.94. The highest BCUT2D eigenvalue weighted by Crippen LogP contribution is 2.44. The summed E-state index contributed by atoms with van der Waals surface area (Å²) in [5.74, 6) is 0. The Bertz CT molecular complexity index is 210. The fraction of sp³-hybridized carbons (Fsp3) is 0.800. The first-order chi connectivity index (χ1) is 6.14. The van der Waals surface area contributed by atoms with Crippen molar-refractivity contribution < 1.29 is 13.2 Å². The first-order valence-electron chi connectivity index (χ1n) is 4.61. The molecule has 0 aromatic rings. The molecular weight excluding hydrogens is 191 g/mol. The van der Waals surface area contributed by atoms with Gasteiger partial charge < -0.3 is 5.73 Å². The van der Waals surface area contributed by atoms with E-state index in [4.69, 9.17) is 5.73 Å². The van der Waals surface area contributed by atoms with Crippen molar-refractivity contribution in [2.24, 2.45) is 11.1 Å². The van der Waals surface area contributed by atoms with Gasteiger partial charge in [0.1, 0.15) is 0 Å². The van der Waals surface area contributed by atoms with Crippen LogP contribution in [0.25, 0.3) is 0 Å². The molecule has 2 unspecified atom stereocenters. The molecule has 0 heterocycles. The van der Waals surface area contributed by atoms with Crippen LogP contribution in [0, 0.1) is 5.41 Å². The number of hydrogen-bond acceptors (Lipinski definition) is 1. The summed E-state index contributed by atoms with van der Waals surface area (Å²) in [6, 6.07) is -0.582. The zero-order chi connectivity index (χ0) is 11.6. The maximum Gasteiger partial charge on any atom is 0.394 e. The van der Waals surface area contributed by atoms with Crippen LogP contribution in [0.2, 0.25) is 0 Å². The molecule has 0 saturated carbocycles. The first-order valence-corrected chi connectivity index (χ1v) is 4.61. The second-order valence-corrected chi connectivity index (χ2v) is 4.07. The number of halogens is 3. The van der Waals surface area contributed by atoms with E-state index in [2.05, 4.69) is 6.58 Å². The van der Waals surface area contributed by atoms with Crippen molar-refractivity contribution in [3.63, 3.8) is 0 Å². The number of nitrogens with two attached hydrogens (primary N) is 1. The van der Waals surface area contributed by atoms with Gasteiger partial charge >= 0.3 is 6.18 Å². The summed E-state index contributed by atoms with van der Waals surface area (Å²) < 4.78 is 37.9. The van der Waals surface area contributed by atoms with E-state index in [0.29, 0.717) is 5.57 Å². The van der Waals surface area contributed by atoms with Crippen molar-refractivity contribution in [3.8, 4) is 0 Å². The fourth-order valence-corrected chi connectivity index (χ4v) is 1.12. The van der Waals surface area contributed by atoms with Gasteiger partial charge in [-0.3, -0.25) is 0 Å². The van der Waals surface area contributed by atoms with E-state index in [9.17, 15) is 13.2 Å². The number of alkyl halides is 3. The Labute approximate surface area is 83.2 Å². The average Bonchev–Trinajstić information content (AvgIpc) is 2.01. The molecule has 2 atom stereocenters. The van der Waals surface area contributed by atoms with E-state index in [1.807, 2.05) is 0 Å². The van der Waals surface area contributed by atoms with Gasteiger partial charge in [0.05, 0.1) is 5.41 Å². The molecule has 0 rings (SSSR count).